The van der Waals surface area contributed by atoms with Gasteiger partial charge in [-0.05, 0) is 0 Å². The summed E-state index contributed by atoms with van der Waals surface area (Å²) >= 11 is 0. The third-order valence-corrected chi connectivity index (χ3v) is 0. The molecule has 0 N–H and O–H groups in total. The molecule has 0 rings (SSSR count). The van der Waals surface area contributed by atoms with Crippen LogP contribution in [-0.2, 0) is 17.1 Å². The molecule has 3 radical (unpaired) electrons. The zero-order valence-corrected chi connectivity index (χ0v) is 13.7. The van der Waals surface area contributed by atoms with Crippen LogP contribution in [0.25, 0.3) is 0 Å². The minimum atomic E-state index is -6.00. The number of hydrogen-bond acceptors (Lipinski definition) is 0. The number of halogens is 12. The summed E-state index contributed by atoms with van der Waals surface area (Å²) in [4.78, 5) is 0. The van der Waals surface area contributed by atoms with E-state index in [9.17, 15) is 51.8 Å². The normalized spacial score (nSPS) is 10.6. The van der Waals surface area contributed by atoms with E-state index in [2.05, 4.69) is 0 Å². The van der Waals surface area contributed by atoms with Crippen LogP contribution in [0, 0.1) is 0 Å². The first-order valence-electron chi connectivity index (χ1n) is 2.62. The molecular formula is H3B3CuF12Pb. The van der Waals surface area contributed by atoms with Crippen molar-refractivity contribution in [3.63, 3.8) is 0 Å². The second-order valence-electron chi connectivity index (χ2n) is 1.48. The van der Waals surface area contributed by atoms with Gasteiger partial charge in [0.15, 0.2) is 0 Å². The van der Waals surface area contributed by atoms with Crippen molar-refractivity contribution >= 4 is 49.1 Å². The van der Waals surface area contributed by atoms with E-state index in [0.717, 1.165) is 0 Å². The van der Waals surface area contributed by atoms with Crippen LogP contribution in [-0.4, -0.2) is 49.1 Å². The SMILES string of the molecule is F[B-](F)(F)F.F[B-](F)(F)F.F[B-](F)(F)F.[Cu+2].[H+].[PbH2]. The van der Waals surface area contributed by atoms with Gasteiger partial charge in [-0.1, -0.05) is 0 Å². The maximum absolute atomic E-state index is 9.75. The van der Waals surface area contributed by atoms with Crippen molar-refractivity contribution in [2.45, 2.75) is 0 Å². The van der Waals surface area contributed by atoms with E-state index >= 15 is 0 Å². The van der Waals surface area contributed by atoms with Crippen molar-refractivity contribution in [1.82, 2.24) is 0 Å². The Morgan fingerprint density at radius 2 is 0.412 bits per heavy atom. The van der Waals surface area contributed by atoms with E-state index in [1.807, 2.05) is 0 Å². The van der Waals surface area contributed by atoms with E-state index in [1.54, 1.807) is 0 Å². The molecule has 0 aliphatic carbocycles. The van der Waals surface area contributed by atoms with Gasteiger partial charge >= 0.3 is 67.6 Å². The summed E-state index contributed by atoms with van der Waals surface area (Å²) in [5.74, 6) is 0. The molecule has 17 heavy (non-hydrogen) atoms. The third-order valence-electron chi connectivity index (χ3n) is 0. The van der Waals surface area contributed by atoms with Crippen molar-refractivity contribution in [2.75, 3.05) is 0 Å². The minimum absolute atomic E-state index is 0. The molecule has 0 aromatic carbocycles. The summed E-state index contributed by atoms with van der Waals surface area (Å²) in [6.45, 7) is 0. The Hall–Kier alpha value is 0.796. The Morgan fingerprint density at radius 3 is 0.412 bits per heavy atom. The van der Waals surface area contributed by atoms with Crippen molar-refractivity contribution in [3.8, 4) is 0 Å². The summed E-state index contributed by atoms with van der Waals surface area (Å²) in [5, 5.41) is 0. The van der Waals surface area contributed by atoms with Crippen molar-refractivity contribution < 1.29 is 70.3 Å². The van der Waals surface area contributed by atoms with Gasteiger partial charge in [0.05, 0.1) is 0 Å². The van der Waals surface area contributed by atoms with Crippen LogP contribution in [0.5, 0.6) is 0 Å². The summed E-state index contributed by atoms with van der Waals surface area (Å²) in [7, 11) is -18.0. The Bertz CT molecular complexity index is 102. The molecule has 0 unspecified atom stereocenters. The summed E-state index contributed by atoms with van der Waals surface area (Å²) in [6, 6.07) is 0. The van der Waals surface area contributed by atoms with Crippen LogP contribution >= 0.6 is 0 Å². The van der Waals surface area contributed by atoms with Crippen molar-refractivity contribution in [1.29, 1.82) is 0 Å². The molecule has 0 spiro atoms. The summed E-state index contributed by atoms with van der Waals surface area (Å²) in [5.41, 5.74) is 0. The van der Waals surface area contributed by atoms with Gasteiger partial charge in [-0.25, -0.2) is 0 Å². The average molecular weight is 534 g/mol. The Labute approximate surface area is 119 Å². The zero-order valence-electron chi connectivity index (χ0n) is 8.28. The molecule has 0 nitrogen and oxygen atoms in total. The molecule has 0 aliphatic heterocycles. The Kier molecular flexibility index (Phi) is 21.4. The molecule has 0 heterocycles. The molecule has 0 amide bonds. The third kappa shape index (κ3) is 5800. The van der Waals surface area contributed by atoms with Crippen LogP contribution < -0.4 is 0 Å². The van der Waals surface area contributed by atoms with Gasteiger partial charge in [0.1, 0.15) is 0 Å². The fourth-order valence-electron chi connectivity index (χ4n) is 0. The van der Waals surface area contributed by atoms with Crippen molar-refractivity contribution in [3.05, 3.63) is 0 Å². The first kappa shape index (κ1) is 30.7. The van der Waals surface area contributed by atoms with Gasteiger partial charge in [-0.2, -0.15) is 0 Å². The Balaban J connectivity index is -0.0000000277. The molecule has 0 aromatic rings. The summed E-state index contributed by atoms with van der Waals surface area (Å²) < 4.78 is 117. The monoisotopic (exact) mass is 535 g/mol. The average Bonchev–Trinajstić information content (AvgIpc) is 1.41. The molecule has 0 aliphatic rings. The molecule has 0 atom stereocenters. The van der Waals surface area contributed by atoms with E-state index in [0.29, 0.717) is 0 Å². The number of rotatable bonds is 0. The van der Waals surface area contributed by atoms with Gasteiger partial charge in [-0.3, -0.25) is 0 Å². The van der Waals surface area contributed by atoms with Crippen LogP contribution in [0.3, 0.4) is 0 Å². The first-order valence-corrected chi connectivity index (χ1v) is 2.62. The second-order valence-corrected chi connectivity index (χ2v) is 1.48. The van der Waals surface area contributed by atoms with Gasteiger partial charge in [0, 0.05) is 0 Å². The molecule has 0 bridgehead atoms. The second kappa shape index (κ2) is 11.9. The quantitative estimate of drug-likeness (QED) is 0.332. The predicted molar refractivity (Wildman–Crippen MR) is 40.2 cm³/mol. The van der Waals surface area contributed by atoms with E-state index in [-0.39, 0.29) is 45.8 Å². The van der Waals surface area contributed by atoms with Gasteiger partial charge in [0.2, 0.25) is 0 Å². The fourth-order valence-corrected chi connectivity index (χ4v) is 0. The number of hydrogen-bond donors (Lipinski definition) is 0. The van der Waals surface area contributed by atoms with Gasteiger partial charge in [0.25, 0.3) is 0 Å². The predicted octanol–water partition coefficient (Wildman–Crippen LogP) is 3.09. The van der Waals surface area contributed by atoms with Gasteiger partial charge in [-0.15, -0.1) is 0 Å². The van der Waals surface area contributed by atoms with E-state index in [1.165, 1.54) is 0 Å². The van der Waals surface area contributed by atoms with E-state index < -0.39 is 21.8 Å². The van der Waals surface area contributed by atoms with Crippen LogP contribution in [0.4, 0.5) is 51.8 Å². The molecule has 0 saturated heterocycles. The maximum atomic E-state index is 9.75. The fraction of sp³-hybridized carbons (Fsp3) is 0. The zero-order chi connectivity index (χ0) is 13.5. The topological polar surface area (TPSA) is 0 Å². The molecule has 17 heteroatoms. The molecule has 111 valence electrons. The molecule has 0 fully saturated rings. The van der Waals surface area contributed by atoms with Crippen LogP contribution in [0.15, 0.2) is 0 Å². The van der Waals surface area contributed by atoms with Gasteiger partial charge < -0.3 is 51.8 Å². The Morgan fingerprint density at radius 1 is 0.412 bits per heavy atom. The standard InChI is InChI=1S/3BF4.Cu.Pb.2H/c3*2-1(3,4)5;;;;/q3*-1;+2;;;/p+1. The van der Waals surface area contributed by atoms with E-state index in [4.69, 9.17) is 0 Å². The van der Waals surface area contributed by atoms with Crippen LogP contribution in [0.1, 0.15) is 1.43 Å². The van der Waals surface area contributed by atoms with Crippen molar-refractivity contribution in [2.24, 2.45) is 0 Å². The first-order chi connectivity index (χ1) is 6.00. The van der Waals surface area contributed by atoms with Crippen LogP contribution in [0.2, 0.25) is 0 Å². The molecule has 0 aromatic heterocycles. The molecule has 0 saturated carbocycles. The summed E-state index contributed by atoms with van der Waals surface area (Å²) in [6.07, 6.45) is 0. The molecular weight excluding hydrogens is 531 g/mol.